The number of nitrogens with zero attached hydrogens (tertiary/aromatic N) is 3. The van der Waals surface area contributed by atoms with Gasteiger partial charge in [-0.15, -0.1) is 0 Å². The minimum absolute atomic E-state index is 0.207. The minimum atomic E-state index is 0.207. The van der Waals surface area contributed by atoms with E-state index in [1.54, 1.807) is 12.3 Å². The summed E-state index contributed by atoms with van der Waals surface area (Å²) in [5, 5.41) is 7.45. The number of hydrogen-bond acceptors (Lipinski definition) is 4. The Morgan fingerprint density at radius 1 is 1.50 bits per heavy atom. The fourth-order valence-corrected chi connectivity index (χ4v) is 1.75. The van der Waals surface area contributed by atoms with Gasteiger partial charge in [-0.3, -0.25) is 4.68 Å². The number of hydrogen-bond donors (Lipinski definition) is 2. The SMILES string of the molecule is CC(Cn1cccn1)Nc1cccc(C(N)=S)n1. The van der Waals surface area contributed by atoms with Crippen molar-refractivity contribution in [3.63, 3.8) is 0 Å². The van der Waals surface area contributed by atoms with Gasteiger partial charge in [0.15, 0.2) is 0 Å². The first-order valence-electron chi connectivity index (χ1n) is 5.66. The first-order valence-corrected chi connectivity index (χ1v) is 6.07. The predicted octanol–water partition coefficient (Wildman–Crippen LogP) is 1.41. The Labute approximate surface area is 111 Å². The van der Waals surface area contributed by atoms with Crippen LogP contribution in [-0.4, -0.2) is 25.8 Å². The molecule has 3 N–H and O–H groups in total. The van der Waals surface area contributed by atoms with Crippen LogP contribution in [0.25, 0.3) is 0 Å². The third kappa shape index (κ3) is 3.27. The first kappa shape index (κ1) is 12.5. The van der Waals surface area contributed by atoms with Gasteiger partial charge >= 0.3 is 0 Å². The molecule has 0 amide bonds. The van der Waals surface area contributed by atoms with Gasteiger partial charge < -0.3 is 11.1 Å². The highest BCUT2D eigenvalue weighted by atomic mass is 32.1. The molecule has 1 unspecified atom stereocenters. The summed E-state index contributed by atoms with van der Waals surface area (Å²) in [5.41, 5.74) is 6.18. The Kier molecular flexibility index (Phi) is 3.88. The molecule has 1 atom stereocenters. The number of rotatable bonds is 5. The molecule has 2 aromatic rings. The molecule has 18 heavy (non-hydrogen) atoms. The Bertz CT molecular complexity index is 523. The second-order valence-corrected chi connectivity index (χ2v) is 4.49. The third-order valence-electron chi connectivity index (χ3n) is 2.42. The van der Waals surface area contributed by atoms with Crippen molar-refractivity contribution < 1.29 is 0 Å². The molecule has 5 nitrogen and oxygen atoms in total. The molecule has 94 valence electrons. The quantitative estimate of drug-likeness (QED) is 0.797. The molecule has 0 aromatic carbocycles. The summed E-state index contributed by atoms with van der Waals surface area (Å²) in [5.74, 6) is 0.764. The summed E-state index contributed by atoms with van der Waals surface area (Å²) >= 11 is 4.90. The van der Waals surface area contributed by atoms with Crippen LogP contribution in [0.2, 0.25) is 0 Å². The highest BCUT2D eigenvalue weighted by Crippen LogP contribution is 2.07. The Balaban J connectivity index is 2.00. The zero-order valence-corrected chi connectivity index (χ0v) is 10.9. The Morgan fingerprint density at radius 2 is 2.33 bits per heavy atom. The van der Waals surface area contributed by atoms with Crippen LogP contribution in [0.3, 0.4) is 0 Å². The van der Waals surface area contributed by atoms with E-state index in [1.165, 1.54) is 0 Å². The smallest absolute Gasteiger partial charge is 0.127 e. The van der Waals surface area contributed by atoms with Crippen LogP contribution >= 0.6 is 12.2 Å². The van der Waals surface area contributed by atoms with Gasteiger partial charge in [0.25, 0.3) is 0 Å². The lowest BCUT2D eigenvalue weighted by atomic mass is 10.3. The van der Waals surface area contributed by atoms with Gasteiger partial charge in [-0.05, 0) is 25.1 Å². The summed E-state index contributed by atoms with van der Waals surface area (Å²) in [6, 6.07) is 7.68. The lowest BCUT2D eigenvalue weighted by molar-refractivity contribution is 0.560. The van der Waals surface area contributed by atoms with Crippen molar-refractivity contribution in [3.05, 3.63) is 42.4 Å². The average Bonchev–Trinajstić information content (AvgIpc) is 2.82. The van der Waals surface area contributed by atoms with E-state index >= 15 is 0 Å². The van der Waals surface area contributed by atoms with Gasteiger partial charge in [-0.2, -0.15) is 5.10 Å². The number of thiocarbonyl (C=S) groups is 1. The van der Waals surface area contributed by atoms with Crippen LogP contribution in [0.15, 0.2) is 36.7 Å². The van der Waals surface area contributed by atoms with E-state index < -0.39 is 0 Å². The monoisotopic (exact) mass is 261 g/mol. The third-order valence-corrected chi connectivity index (χ3v) is 2.63. The van der Waals surface area contributed by atoms with Gasteiger partial charge in [0.05, 0.1) is 12.2 Å². The summed E-state index contributed by atoms with van der Waals surface area (Å²) in [6.45, 7) is 2.84. The van der Waals surface area contributed by atoms with Crippen LogP contribution in [-0.2, 0) is 6.54 Å². The van der Waals surface area contributed by atoms with E-state index in [4.69, 9.17) is 18.0 Å². The standard InChI is InChI=1S/C12H15N5S/c1-9(8-17-7-3-6-14-17)15-11-5-2-4-10(16-11)12(13)18/h2-7,9H,8H2,1H3,(H2,13,18)(H,15,16). The van der Waals surface area contributed by atoms with Crippen molar-refractivity contribution in [3.8, 4) is 0 Å². The largest absolute Gasteiger partial charge is 0.388 e. The zero-order valence-electron chi connectivity index (χ0n) is 10.1. The molecule has 0 radical (unpaired) electrons. The lowest BCUT2D eigenvalue weighted by Crippen LogP contribution is -2.23. The molecule has 0 saturated carbocycles. The van der Waals surface area contributed by atoms with Crippen LogP contribution in [0.1, 0.15) is 12.6 Å². The Morgan fingerprint density at radius 3 is 3.00 bits per heavy atom. The van der Waals surface area contributed by atoms with Crippen LogP contribution < -0.4 is 11.1 Å². The normalized spacial score (nSPS) is 12.1. The van der Waals surface area contributed by atoms with Gasteiger partial charge in [0.2, 0.25) is 0 Å². The molecule has 2 rings (SSSR count). The molecule has 0 aliphatic carbocycles. The molecule has 0 saturated heterocycles. The molecule has 0 fully saturated rings. The van der Waals surface area contributed by atoms with Crippen molar-refractivity contribution in [2.45, 2.75) is 19.5 Å². The fourth-order valence-electron chi connectivity index (χ4n) is 1.64. The second-order valence-electron chi connectivity index (χ2n) is 4.05. The number of nitrogens with two attached hydrogens (primary N) is 1. The molecule has 0 aliphatic rings. The van der Waals surface area contributed by atoms with Crippen molar-refractivity contribution in [1.29, 1.82) is 0 Å². The van der Waals surface area contributed by atoms with Gasteiger partial charge in [-0.1, -0.05) is 18.3 Å². The average molecular weight is 261 g/mol. The van der Waals surface area contributed by atoms with Gasteiger partial charge in [0.1, 0.15) is 10.8 Å². The first-order chi connectivity index (χ1) is 8.65. The second kappa shape index (κ2) is 5.59. The van der Waals surface area contributed by atoms with Gasteiger partial charge in [-0.25, -0.2) is 4.98 Å². The molecule has 0 aliphatic heterocycles. The van der Waals surface area contributed by atoms with Gasteiger partial charge in [0, 0.05) is 18.4 Å². The van der Waals surface area contributed by atoms with Crippen LogP contribution in [0, 0.1) is 0 Å². The van der Waals surface area contributed by atoms with Crippen molar-refractivity contribution in [1.82, 2.24) is 14.8 Å². The summed E-state index contributed by atoms with van der Waals surface area (Å²) < 4.78 is 1.87. The maximum Gasteiger partial charge on any atom is 0.127 e. The topological polar surface area (TPSA) is 68.8 Å². The molecular weight excluding hydrogens is 246 g/mol. The maximum atomic E-state index is 5.55. The van der Waals surface area contributed by atoms with E-state index in [0.29, 0.717) is 10.7 Å². The van der Waals surface area contributed by atoms with Crippen LogP contribution in [0.5, 0.6) is 0 Å². The number of pyridine rings is 1. The number of nitrogens with one attached hydrogen (secondary N) is 1. The minimum Gasteiger partial charge on any atom is -0.388 e. The highest BCUT2D eigenvalue weighted by molar-refractivity contribution is 7.80. The lowest BCUT2D eigenvalue weighted by Gasteiger charge is -2.15. The van der Waals surface area contributed by atoms with Crippen LogP contribution in [0.4, 0.5) is 5.82 Å². The summed E-state index contributed by atoms with van der Waals surface area (Å²) in [7, 11) is 0. The molecule has 2 aromatic heterocycles. The fraction of sp³-hybridized carbons (Fsp3) is 0.250. The molecule has 6 heteroatoms. The molecular formula is C12H15N5S. The highest BCUT2D eigenvalue weighted by Gasteiger charge is 2.05. The van der Waals surface area contributed by atoms with Crippen molar-refractivity contribution in [2.24, 2.45) is 5.73 Å². The summed E-state index contributed by atoms with van der Waals surface area (Å²) in [4.78, 5) is 4.64. The Hall–Kier alpha value is -1.95. The maximum absolute atomic E-state index is 5.55. The van der Waals surface area contributed by atoms with E-state index in [0.717, 1.165) is 12.4 Å². The molecule has 0 spiro atoms. The number of anilines is 1. The van der Waals surface area contributed by atoms with Crippen molar-refractivity contribution in [2.75, 3.05) is 5.32 Å². The molecule has 2 heterocycles. The van der Waals surface area contributed by atoms with Crippen molar-refractivity contribution >= 4 is 23.0 Å². The molecule has 0 bridgehead atoms. The zero-order chi connectivity index (χ0) is 13.0. The van der Waals surface area contributed by atoms with E-state index in [1.807, 2.05) is 29.1 Å². The summed E-state index contributed by atoms with van der Waals surface area (Å²) in [6.07, 6.45) is 3.69. The van der Waals surface area contributed by atoms with E-state index in [9.17, 15) is 0 Å². The van der Waals surface area contributed by atoms with E-state index in [-0.39, 0.29) is 6.04 Å². The van der Waals surface area contributed by atoms with E-state index in [2.05, 4.69) is 22.3 Å². The predicted molar refractivity (Wildman–Crippen MR) is 75.4 cm³/mol. The number of aromatic nitrogens is 3.